The van der Waals surface area contributed by atoms with Crippen molar-refractivity contribution in [3.8, 4) is 5.75 Å². The van der Waals surface area contributed by atoms with Gasteiger partial charge in [0.2, 0.25) is 11.8 Å². The highest BCUT2D eigenvalue weighted by atomic mass is 16.3. The molecule has 0 aliphatic heterocycles. The Bertz CT molecular complexity index is 1360. The van der Waals surface area contributed by atoms with Gasteiger partial charge in [0.05, 0.1) is 5.52 Å². The standard InChI is InChI=1S/C30H33N5O3/c36-25-17-15-23(16-18-25)29(30(38)31-24-11-5-2-6-12-24)34(20-19-22-9-3-1-4-10-22)28(37)21-35-27-14-8-7-13-26(27)32-33-35/h1,3-4,7-10,13-18,24,29,36H,2,5-6,11-12,19-21H2,(H,31,38). The van der Waals surface area contributed by atoms with Crippen molar-refractivity contribution >= 4 is 22.8 Å². The Morgan fingerprint density at radius 1 is 0.947 bits per heavy atom. The molecule has 1 heterocycles. The number of carbonyl (C=O) groups is 2. The first-order valence-electron chi connectivity index (χ1n) is 13.3. The third-order valence-electron chi connectivity index (χ3n) is 7.23. The van der Waals surface area contributed by atoms with Gasteiger partial charge in [-0.25, -0.2) is 4.68 Å². The number of hydrogen-bond acceptors (Lipinski definition) is 5. The lowest BCUT2D eigenvalue weighted by Crippen LogP contribution is -2.48. The molecule has 196 valence electrons. The average Bonchev–Trinajstić information content (AvgIpc) is 3.35. The zero-order valence-electron chi connectivity index (χ0n) is 21.4. The second kappa shape index (κ2) is 11.9. The van der Waals surface area contributed by atoms with Crippen LogP contribution in [0.1, 0.15) is 49.3 Å². The number of phenolic OH excluding ortho intramolecular Hbond substituents is 1. The first-order valence-corrected chi connectivity index (χ1v) is 13.3. The summed E-state index contributed by atoms with van der Waals surface area (Å²) >= 11 is 0. The molecule has 1 aromatic heterocycles. The summed E-state index contributed by atoms with van der Waals surface area (Å²) in [5, 5.41) is 21.5. The van der Waals surface area contributed by atoms with E-state index in [4.69, 9.17) is 0 Å². The van der Waals surface area contributed by atoms with E-state index < -0.39 is 6.04 Å². The predicted octanol–water partition coefficient (Wildman–Crippen LogP) is 4.40. The lowest BCUT2D eigenvalue weighted by Gasteiger charge is -2.33. The molecule has 8 heteroatoms. The van der Waals surface area contributed by atoms with E-state index in [1.807, 2.05) is 54.6 Å². The van der Waals surface area contributed by atoms with Gasteiger partial charge < -0.3 is 15.3 Å². The SMILES string of the molecule is O=C(NC1CCCCC1)C(c1ccc(O)cc1)N(CCc1ccccc1)C(=O)Cn1nnc2ccccc21. The number of hydrogen-bond donors (Lipinski definition) is 2. The lowest BCUT2D eigenvalue weighted by atomic mass is 9.94. The van der Waals surface area contributed by atoms with Crippen LogP contribution < -0.4 is 5.32 Å². The lowest BCUT2D eigenvalue weighted by molar-refractivity contribution is -0.141. The fourth-order valence-corrected chi connectivity index (χ4v) is 5.20. The number of para-hydroxylation sites is 1. The van der Waals surface area contributed by atoms with Crippen molar-refractivity contribution in [1.29, 1.82) is 0 Å². The summed E-state index contributed by atoms with van der Waals surface area (Å²) in [5.41, 5.74) is 3.20. The zero-order valence-corrected chi connectivity index (χ0v) is 21.4. The Hall–Kier alpha value is -4.20. The Kier molecular flexibility index (Phi) is 7.97. The van der Waals surface area contributed by atoms with Crippen LogP contribution in [-0.4, -0.2) is 49.4 Å². The van der Waals surface area contributed by atoms with E-state index in [1.165, 1.54) is 6.42 Å². The maximum absolute atomic E-state index is 14.0. The first-order chi connectivity index (χ1) is 18.6. The van der Waals surface area contributed by atoms with E-state index in [0.717, 1.165) is 36.8 Å². The molecule has 1 atom stereocenters. The summed E-state index contributed by atoms with van der Waals surface area (Å²) in [6.45, 7) is 0.305. The van der Waals surface area contributed by atoms with Gasteiger partial charge in [-0.05, 0) is 54.7 Å². The Labute approximate surface area is 222 Å². The van der Waals surface area contributed by atoms with E-state index in [0.29, 0.717) is 24.0 Å². The van der Waals surface area contributed by atoms with Gasteiger partial charge >= 0.3 is 0 Å². The molecule has 1 unspecified atom stereocenters. The van der Waals surface area contributed by atoms with Gasteiger partial charge in [0, 0.05) is 12.6 Å². The fraction of sp³-hybridized carbons (Fsp3) is 0.333. The van der Waals surface area contributed by atoms with Crippen molar-refractivity contribution in [2.75, 3.05) is 6.54 Å². The number of benzene rings is 3. The van der Waals surface area contributed by atoms with Gasteiger partial charge in [0.1, 0.15) is 23.9 Å². The highest BCUT2D eigenvalue weighted by Crippen LogP contribution is 2.26. The quantitative estimate of drug-likeness (QED) is 0.347. The van der Waals surface area contributed by atoms with Gasteiger partial charge in [-0.1, -0.05) is 79.1 Å². The van der Waals surface area contributed by atoms with Crippen LogP contribution in [0, 0.1) is 0 Å². The fourth-order valence-electron chi connectivity index (χ4n) is 5.20. The molecule has 38 heavy (non-hydrogen) atoms. The topological polar surface area (TPSA) is 100 Å². The Morgan fingerprint density at radius 2 is 1.66 bits per heavy atom. The number of fused-ring (bicyclic) bond motifs is 1. The van der Waals surface area contributed by atoms with Crippen LogP contribution in [0.5, 0.6) is 5.75 Å². The normalized spacial score (nSPS) is 14.7. The van der Waals surface area contributed by atoms with E-state index in [-0.39, 0.29) is 30.2 Å². The number of phenols is 1. The van der Waals surface area contributed by atoms with Crippen molar-refractivity contribution in [3.63, 3.8) is 0 Å². The van der Waals surface area contributed by atoms with Gasteiger partial charge in [0.15, 0.2) is 0 Å². The molecule has 8 nitrogen and oxygen atoms in total. The molecule has 1 fully saturated rings. The molecule has 0 saturated heterocycles. The van der Waals surface area contributed by atoms with Crippen molar-refractivity contribution in [2.45, 2.75) is 57.2 Å². The molecule has 1 aliphatic rings. The smallest absolute Gasteiger partial charge is 0.247 e. The van der Waals surface area contributed by atoms with Crippen LogP contribution in [0.4, 0.5) is 0 Å². The number of amides is 2. The van der Waals surface area contributed by atoms with Crippen molar-refractivity contribution < 1.29 is 14.7 Å². The number of aromatic hydroxyl groups is 1. The molecule has 3 aromatic carbocycles. The third-order valence-corrected chi connectivity index (χ3v) is 7.23. The molecule has 1 saturated carbocycles. The monoisotopic (exact) mass is 511 g/mol. The van der Waals surface area contributed by atoms with Crippen molar-refractivity contribution in [2.24, 2.45) is 0 Å². The van der Waals surface area contributed by atoms with Gasteiger partial charge in [-0.2, -0.15) is 0 Å². The number of aromatic nitrogens is 3. The minimum atomic E-state index is -0.844. The summed E-state index contributed by atoms with van der Waals surface area (Å²) in [6, 6.07) is 23.2. The molecule has 2 N–H and O–H groups in total. The van der Waals surface area contributed by atoms with Crippen LogP contribution >= 0.6 is 0 Å². The highest BCUT2D eigenvalue weighted by Gasteiger charge is 2.33. The third kappa shape index (κ3) is 6.02. The summed E-state index contributed by atoms with van der Waals surface area (Å²) in [7, 11) is 0. The van der Waals surface area contributed by atoms with Crippen LogP contribution in [0.2, 0.25) is 0 Å². The number of carbonyl (C=O) groups excluding carboxylic acids is 2. The molecule has 4 aromatic rings. The van der Waals surface area contributed by atoms with Gasteiger partial charge in [0.25, 0.3) is 0 Å². The summed E-state index contributed by atoms with van der Waals surface area (Å²) in [6.07, 6.45) is 5.83. The summed E-state index contributed by atoms with van der Waals surface area (Å²) < 4.78 is 1.58. The van der Waals surface area contributed by atoms with Crippen molar-refractivity contribution in [1.82, 2.24) is 25.2 Å². The molecule has 1 aliphatic carbocycles. The van der Waals surface area contributed by atoms with E-state index in [2.05, 4.69) is 15.6 Å². The van der Waals surface area contributed by atoms with E-state index in [9.17, 15) is 14.7 Å². The Balaban J connectivity index is 1.47. The summed E-state index contributed by atoms with van der Waals surface area (Å²) in [4.78, 5) is 29.5. The molecular weight excluding hydrogens is 478 g/mol. The van der Waals surface area contributed by atoms with Crippen LogP contribution in [0.25, 0.3) is 11.0 Å². The summed E-state index contributed by atoms with van der Waals surface area (Å²) in [5.74, 6) is -0.322. The largest absolute Gasteiger partial charge is 0.508 e. The second-order valence-corrected chi connectivity index (χ2v) is 9.90. The number of rotatable bonds is 9. The Morgan fingerprint density at radius 3 is 2.42 bits per heavy atom. The van der Waals surface area contributed by atoms with Gasteiger partial charge in [-0.15, -0.1) is 5.10 Å². The molecule has 5 rings (SSSR count). The van der Waals surface area contributed by atoms with E-state index in [1.54, 1.807) is 33.8 Å². The minimum absolute atomic E-state index is 0.0411. The zero-order chi connectivity index (χ0) is 26.3. The predicted molar refractivity (Wildman–Crippen MR) is 145 cm³/mol. The van der Waals surface area contributed by atoms with Gasteiger partial charge in [-0.3, -0.25) is 9.59 Å². The maximum atomic E-state index is 14.0. The molecule has 2 amide bonds. The maximum Gasteiger partial charge on any atom is 0.247 e. The van der Waals surface area contributed by atoms with Crippen LogP contribution in [0.3, 0.4) is 0 Å². The number of nitrogens with zero attached hydrogens (tertiary/aromatic N) is 4. The van der Waals surface area contributed by atoms with E-state index >= 15 is 0 Å². The highest BCUT2D eigenvalue weighted by molar-refractivity contribution is 5.89. The molecular formula is C30H33N5O3. The molecule has 0 radical (unpaired) electrons. The molecule has 0 bridgehead atoms. The number of nitrogens with one attached hydrogen (secondary N) is 1. The first kappa shape index (κ1) is 25.4. The minimum Gasteiger partial charge on any atom is -0.508 e. The molecule has 0 spiro atoms. The second-order valence-electron chi connectivity index (χ2n) is 9.90. The average molecular weight is 512 g/mol. The van der Waals surface area contributed by atoms with Crippen molar-refractivity contribution in [3.05, 3.63) is 90.0 Å². The van der Waals surface area contributed by atoms with Crippen LogP contribution in [-0.2, 0) is 22.6 Å². The van der Waals surface area contributed by atoms with Crippen LogP contribution in [0.15, 0.2) is 78.9 Å².